The summed E-state index contributed by atoms with van der Waals surface area (Å²) in [6, 6.07) is 12.9. The highest BCUT2D eigenvalue weighted by Gasteiger charge is 2.26. The Bertz CT molecular complexity index is 634. The van der Waals surface area contributed by atoms with Crippen molar-refractivity contribution < 1.29 is 4.39 Å². The minimum Gasteiger partial charge on any atom is -0.319 e. The van der Waals surface area contributed by atoms with E-state index in [4.69, 9.17) is 5.41 Å². The molecule has 0 spiro atoms. The number of hydrogen-bond acceptors (Lipinski definition) is 1. The molecule has 0 aliphatic carbocycles. The molecule has 0 atom stereocenters. The maximum Gasteiger partial charge on any atom is 0.147 e. The number of hydrogen-bond donors (Lipinski definition) is 1. The Morgan fingerprint density at radius 2 is 1.94 bits per heavy atom. The molecule has 2 aromatic carbocycles. The number of nitrogens with zero attached hydrogens (tertiary/aromatic N) is 1. The van der Waals surface area contributed by atoms with E-state index in [-0.39, 0.29) is 5.82 Å². The van der Waals surface area contributed by atoms with E-state index < -0.39 is 0 Å². The van der Waals surface area contributed by atoms with Gasteiger partial charge in [0.1, 0.15) is 11.7 Å². The molecule has 1 heterocycles. The van der Waals surface area contributed by atoms with Gasteiger partial charge in [-0.1, -0.05) is 30.3 Å². The summed E-state index contributed by atoms with van der Waals surface area (Å²) < 4.78 is 14.0. The molecule has 18 heavy (non-hydrogen) atoms. The van der Waals surface area contributed by atoms with Crippen LogP contribution < -0.4 is 4.90 Å². The van der Waals surface area contributed by atoms with Crippen LogP contribution in [0.25, 0.3) is 0 Å². The number of fused-ring (bicyclic) bond motifs is 1. The molecule has 0 bridgehead atoms. The second kappa shape index (κ2) is 3.95. The van der Waals surface area contributed by atoms with Crippen LogP contribution in [0.4, 0.5) is 10.1 Å². The predicted octanol–water partition coefficient (Wildman–Crippen LogP) is 3.48. The van der Waals surface area contributed by atoms with E-state index >= 15 is 0 Å². The van der Waals surface area contributed by atoms with Crippen molar-refractivity contribution in [2.45, 2.75) is 13.5 Å². The first-order chi connectivity index (χ1) is 8.66. The Balaban J connectivity index is 2.04. The molecule has 0 unspecified atom stereocenters. The number of halogens is 1. The molecule has 0 amide bonds. The summed E-state index contributed by atoms with van der Waals surface area (Å²) in [7, 11) is 0. The normalized spacial score (nSPS) is 13.9. The Hall–Kier alpha value is -2.16. The molecule has 0 fully saturated rings. The highest BCUT2D eigenvalue weighted by atomic mass is 19.1. The molecule has 3 heteroatoms. The zero-order chi connectivity index (χ0) is 12.7. The molecule has 0 aromatic heterocycles. The highest BCUT2D eigenvalue weighted by Crippen LogP contribution is 2.30. The maximum absolute atomic E-state index is 14.0. The van der Waals surface area contributed by atoms with Crippen LogP contribution in [0.3, 0.4) is 0 Å². The van der Waals surface area contributed by atoms with Crippen LogP contribution >= 0.6 is 0 Å². The molecule has 0 radical (unpaired) electrons. The van der Waals surface area contributed by atoms with Crippen molar-refractivity contribution in [3.63, 3.8) is 0 Å². The van der Waals surface area contributed by atoms with Gasteiger partial charge in [0.25, 0.3) is 0 Å². The maximum atomic E-state index is 14.0. The van der Waals surface area contributed by atoms with Gasteiger partial charge < -0.3 is 4.90 Å². The lowest BCUT2D eigenvalue weighted by atomic mass is 10.1. The fourth-order valence-corrected chi connectivity index (χ4v) is 2.32. The molecule has 1 aliphatic rings. The average Bonchev–Trinajstić information content (AvgIpc) is 2.68. The molecule has 2 aromatic rings. The summed E-state index contributed by atoms with van der Waals surface area (Å²) in [6.07, 6.45) is 0. The van der Waals surface area contributed by atoms with Crippen molar-refractivity contribution in [1.29, 1.82) is 5.41 Å². The minimum atomic E-state index is -0.271. The second-order valence-corrected chi connectivity index (χ2v) is 4.55. The summed E-state index contributed by atoms with van der Waals surface area (Å²) in [6.45, 7) is 2.42. The van der Waals surface area contributed by atoms with Gasteiger partial charge in [-0.2, -0.15) is 0 Å². The molecule has 0 saturated heterocycles. The Kier molecular flexibility index (Phi) is 2.40. The fraction of sp³-hybridized carbons (Fsp3) is 0.133. The Morgan fingerprint density at radius 3 is 2.67 bits per heavy atom. The van der Waals surface area contributed by atoms with Gasteiger partial charge in [-0.25, -0.2) is 4.39 Å². The first-order valence-electron chi connectivity index (χ1n) is 5.87. The monoisotopic (exact) mass is 240 g/mol. The minimum absolute atomic E-state index is 0.271. The van der Waals surface area contributed by atoms with Gasteiger partial charge in [-0.05, 0) is 30.2 Å². The first kappa shape index (κ1) is 11.0. The van der Waals surface area contributed by atoms with Gasteiger partial charge in [-0.15, -0.1) is 0 Å². The lowest BCUT2D eigenvalue weighted by Crippen LogP contribution is -2.24. The molecular weight excluding hydrogens is 227 g/mol. The largest absolute Gasteiger partial charge is 0.319 e. The fourth-order valence-electron chi connectivity index (χ4n) is 2.32. The van der Waals surface area contributed by atoms with Gasteiger partial charge >= 0.3 is 0 Å². The summed E-state index contributed by atoms with van der Waals surface area (Å²) in [5.74, 6) is 0.0981. The van der Waals surface area contributed by atoms with Gasteiger partial charge in [0.2, 0.25) is 0 Å². The third-order valence-electron chi connectivity index (χ3n) is 3.26. The van der Waals surface area contributed by atoms with Crippen LogP contribution in [-0.2, 0) is 6.54 Å². The first-order valence-corrected chi connectivity index (χ1v) is 5.87. The molecular formula is C15H13FN2. The number of rotatable bonds is 1. The summed E-state index contributed by atoms with van der Waals surface area (Å²) >= 11 is 0. The highest BCUT2D eigenvalue weighted by molar-refractivity contribution is 6.11. The van der Waals surface area contributed by atoms with E-state index in [2.05, 4.69) is 0 Å². The van der Waals surface area contributed by atoms with Crippen molar-refractivity contribution in [2.75, 3.05) is 4.90 Å². The van der Waals surface area contributed by atoms with Crippen LogP contribution in [0.1, 0.15) is 16.7 Å². The predicted molar refractivity (Wildman–Crippen MR) is 70.6 cm³/mol. The number of aryl methyl sites for hydroxylation is 1. The smallest absolute Gasteiger partial charge is 0.147 e. The van der Waals surface area contributed by atoms with E-state index in [1.807, 2.05) is 37.3 Å². The van der Waals surface area contributed by atoms with E-state index in [1.165, 1.54) is 6.07 Å². The number of nitrogens with one attached hydrogen (secondary N) is 1. The van der Waals surface area contributed by atoms with Gasteiger partial charge in [0, 0.05) is 5.56 Å². The standard InChI is InChI=1S/C15H13FN2/c1-10-6-7-14(13(16)8-10)18-9-11-4-2-3-5-12(11)15(18)17/h2-8,17H,9H2,1H3. The molecule has 1 aliphatic heterocycles. The van der Waals surface area contributed by atoms with Crippen LogP contribution in [0.2, 0.25) is 0 Å². The van der Waals surface area contributed by atoms with E-state index in [1.54, 1.807) is 11.0 Å². The van der Waals surface area contributed by atoms with Crippen molar-refractivity contribution in [1.82, 2.24) is 0 Å². The third-order valence-corrected chi connectivity index (χ3v) is 3.26. The van der Waals surface area contributed by atoms with Crippen molar-refractivity contribution in [2.24, 2.45) is 0 Å². The van der Waals surface area contributed by atoms with Crippen LogP contribution in [0.5, 0.6) is 0 Å². The zero-order valence-electron chi connectivity index (χ0n) is 10.1. The molecule has 1 N–H and O–H groups in total. The third kappa shape index (κ3) is 1.59. The van der Waals surface area contributed by atoms with E-state index in [0.29, 0.717) is 18.1 Å². The molecule has 0 saturated carbocycles. The molecule has 2 nitrogen and oxygen atoms in total. The Morgan fingerprint density at radius 1 is 1.17 bits per heavy atom. The lowest BCUT2D eigenvalue weighted by molar-refractivity contribution is 0.625. The van der Waals surface area contributed by atoms with Crippen LogP contribution in [-0.4, -0.2) is 5.84 Å². The van der Waals surface area contributed by atoms with Crippen LogP contribution in [0, 0.1) is 18.2 Å². The second-order valence-electron chi connectivity index (χ2n) is 4.55. The van der Waals surface area contributed by atoms with E-state index in [9.17, 15) is 4.39 Å². The summed E-state index contributed by atoms with van der Waals surface area (Å²) in [4.78, 5) is 1.71. The van der Waals surface area contributed by atoms with Gasteiger partial charge in [0.05, 0.1) is 12.2 Å². The number of anilines is 1. The van der Waals surface area contributed by atoms with Gasteiger partial charge in [0.15, 0.2) is 0 Å². The summed E-state index contributed by atoms with van der Waals surface area (Å²) in [5, 5.41) is 8.13. The molecule has 3 rings (SSSR count). The lowest BCUT2D eigenvalue weighted by Gasteiger charge is -2.18. The number of benzene rings is 2. The van der Waals surface area contributed by atoms with Crippen LogP contribution in [0.15, 0.2) is 42.5 Å². The topological polar surface area (TPSA) is 27.1 Å². The van der Waals surface area contributed by atoms with Gasteiger partial charge in [-0.3, -0.25) is 5.41 Å². The van der Waals surface area contributed by atoms with Crippen molar-refractivity contribution in [3.8, 4) is 0 Å². The number of amidine groups is 1. The van der Waals surface area contributed by atoms with E-state index in [0.717, 1.165) is 16.7 Å². The molecule has 90 valence electrons. The van der Waals surface area contributed by atoms with Crippen molar-refractivity contribution in [3.05, 3.63) is 65.0 Å². The Labute approximate surface area is 105 Å². The van der Waals surface area contributed by atoms with Crippen molar-refractivity contribution >= 4 is 11.5 Å². The SMILES string of the molecule is Cc1ccc(N2Cc3ccccc3C2=N)c(F)c1. The zero-order valence-corrected chi connectivity index (χ0v) is 10.1. The summed E-state index contributed by atoms with van der Waals surface area (Å²) in [5.41, 5.74) is 3.32. The average molecular weight is 240 g/mol. The quantitative estimate of drug-likeness (QED) is 0.811.